The molecular formula is C15H18N2O2. The molecule has 1 heterocycles. The van der Waals surface area contributed by atoms with E-state index >= 15 is 0 Å². The third-order valence-corrected chi connectivity index (χ3v) is 3.22. The molecule has 0 fully saturated rings. The van der Waals surface area contributed by atoms with Gasteiger partial charge in [0.05, 0.1) is 5.69 Å². The highest BCUT2D eigenvalue weighted by Crippen LogP contribution is 2.09. The fraction of sp³-hybridized carbons (Fsp3) is 0.333. The van der Waals surface area contributed by atoms with Crippen molar-refractivity contribution in [1.82, 2.24) is 9.13 Å². The molecule has 0 aliphatic heterocycles. The first-order valence-corrected chi connectivity index (χ1v) is 6.51. The summed E-state index contributed by atoms with van der Waals surface area (Å²) in [6, 6.07) is 9.28. The van der Waals surface area contributed by atoms with Crippen molar-refractivity contribution in [1.29, 1.82) is 0 Å². The molecule has 0 saturated heterocycles. The minimum Gasteiger partial charge on any atom is -0.269 e. The van der Waals surface area contributed by atoms with E-state index in [1.165, 1.54) is 42.3 Å². The van der Waals surface area contributed by atoms with Gasteiger partial charge in [0, 0.05) is 19.3 Å². The molecule has 0 atom stereocenters. The number of hydrogen-bond donors (Lipinski definition) is 0. The molecular weight excluding hydrogens is 240 g/mol. The summed E-state index contributed by atoms with van der Waals surface area (Å²) in [4.78, 5) is 23.3. The van der Waals surface area contributed by atoms with E-state index < -0.39 is 0 Å². The lowest BCUT2D eigenvalue weighted by atomic mass is 10.1. The smallest absolute Gasteiger partial charge is 0.269 e. The number of rotatable bonds is 4. The summed E-state index contributed by atoms with van der Waals surface area (Å²) in [7, 11) is 1.48. The molecule has 1 aromatic heterocycles. The number of aromatic nitrogens is 2. The highest BCUT2D eigenvalue weighted by Gasteiger charge is 2.03. The van der Waals surface area contributed by atoms with Crippen LogP contribution < -0.4 is 11.2 Å². The predicted molar refractivity (Wildman–Crippen MR) is 75.9 cm³/mol. The van der Waals surface area contributed by atoms with Gasteiger partial charge in [-0.1, -0.05) is 25.5 Å². The number of nitrogens with zero attached hydrogens (tertiary/aromatic N) is 2. The van der Waals surface area contributed by atoms with E-state index in [-0.39, 0.29) is 11.2 Å². The molecule has 0 radical (unpaired) electrons. The average molecular weight is 258 g/mol. The number of unbranched alkanes of at least 4 members (excludes halogenated alkanes) is 1. The Morgan fingerprint density at radius 3 is 2.37 bits per heavy atom. The SMILES string of the molecule is CCCCc1ccc(-n2ccc(=O)n(C)c2=O)cc1. The van der Waals surface area contributed by atoms with Crippen LogP contribution in [0.1, 0.15) is 25.3 Å². The monoisotopic (exact) mass is 258 g/mol. The fourth-order valence-electron chi connectivity index (χ4n) is 1.97. The first kappa shape index (κ1) is 13.3. The zero-order valence-corrected chi connectivity index (χ0v) is 11.3. The lowest BCUT2D eigenvalue weighted by molar-refractivity contribution is 0.728. The lowest BCUT2D eigenvalue weighted by Crippen LogP contribution is -2.36. The van der Waals surface area contributed by atoms with Crippen LogP contribution in [0.2, 0.25) is 0 Å². The van der Waals surface area contributed by atoms with Crippen molar-refractivity contribution in [3.63, 3.8) is 0 Å². The van der Waals surface area contributed by atoms with E-state index in [0.717, 1.165) is 16.7 Å². The molecule has 4 heteroatoms. The summed E-state index contributed by atoms with van der Waals surface area (Å²) in [5.41, 5.74) is 1.43. The third-order valence-electron chi connectivity index (χ3n) is 3.22. The van der Waals surface area contributed by atoms with Gasteiger partial charge in [-0.3, -0.25) is 13.9 Å². The summed E-state index contributed by atoms with van der Waals surface area (Å²) in [6.07, 6.45) is 4.91. The van der Waals surface area contributed by atoms with Crippen molar-refractivity contribution in [2.24, 2.45) is 7.05 Å². The fourth-order valence-corrected chi connectivity index (χ4v) is 1.97. The maximum absolute atomic E-state index is 12.0. The summed E-state index contributed by atoms with van der Waals surface area (Å²) in [6.45, 7) is 2.17. The van der Waals surface area contributed by atoms with Crippen LogP contribution in [0.15, 0.2) is 46.1 Å². The van der Waals surface area contributed by atoms with E-state index in [1.54, 1.807) is 0 Å². The van der Waals surface area contributed by atoms with Crippen molar-refractivity contribution in [3.05, 3.63) is 62.9 Å². The minimum absolute atomic E-state index is 0.291. The van der Waals surface area contributed by atoms with Gasteiger partial charge >= 0.3 is 5.69 Å². The molecule has 4 nitrogen and oxygen atoms in total. The van der Waals surface area contributed by atoms with Crippen molar-refractivity contribution in [2.45, 2.75) is 26.2 Å². The Morgan fingerprint density at radius 2 is 1.74 bits per heavy atom. The summed E-state index contributed by atoms with van der Waals surface area (Å²) >= 11 is 0. The van der Waals surface area contributed by atoms with Gasteiger partial charge in [0.2, 0.25) is 0 Å². The highest BCUT2D eigenvalue weighted by molar-refractivity contribution is 5.34. The molecule has 0 N–H and O–H groups in total. The predicted octanol–water partition coefficient (Wildman–Crippen LogP) is 1.88. The quantitative estimate of drug-likeness (QED) is 0.840. The first-order chi connectivity index (χ1) is 9.13. The van der Waals surface area contributed by atoms with Gasteiger partial charge in [0.1, 0.15) is 0 Å². The van der Waals surface area contributed by atoms with Crippen LogP contribution in [0.5, 0.6) is 0 Å². The van der Waals surface area contributed by atoms with Crippen molar-refractivity contribution in [3.8, 4) is 5.69 Å². The van der Waals surface area contributed by atoms with E-state index in [2.05, 4.69) is 6.92 Å². The molecule has 0 amide bonds. The van der Waals surface area contributed by atoms with Gasteiger partial charge in [-0.15, -0.1) is 0 Å². The average Bonchev–Trinajstić information content (AvgIpc) is 2.44. The lowest BCUT2D eigenvalue weighted by Gasteiger charge is -2.08. The maximum Gasteiger partial charge on any atom is 0.335 e. The van der Waals surface area contributed by atoms with Gasteiger partial charge in [0.15, 0.2) is 0 Å². The molecule has 100 valence electrons. The van der Waals surface area contributed by atoms with Crippen molar-refractivity contribution >= 4 is 0 Å². The number of benzene rings is 1. The molecule has 0 spiro atoms. The van der Waals surface area contributed by atoms with Gasteiger partial charge in [-0.25, -0.2) is 4.79 Å². The van der Waals surface area contributed by atoms with Gasteiger partial charge < -0.3 is 0 Å². The van der Waals surface area contributed by atoms with Gasteiger partial charge in [-0.2, -0.15) is 0 Å². The summed E-state index contributed by atoms with van der Waals surface area (Å²) < 4.78 is 2.58. The Balaban J connectivity index is 2.35. The van der Waals surface area contributed by atoms with Crippen LogP contribution in [-0.2, 0) is 13.5 Å². The molecule has 2 rings (SSSR count). The Kier molecular flexibility index (Phi) is 4.00. The topological polar surface area (TPSA) is 44.0 Å². The van der Waals surface area contributed by atoms with E-state index in [4.69, 9.17) is 0 Å². The van der Waals surface area contributed by atoms with E-state index in [9.17, 15) is 9.59 Å². The second kappa shape index (κ2) is 5.69. The molecule has 0 unspecified atom stereocenters. The van der Waals surface area contributed by atoms with Crippen molar-refractivity contribution < 1.29 is 0 Å². The molecule has 19 heavy (non-hydrogen) atoms. The normalized spacial score (nSPS) is 10.6. The molecule has 0 saturated carbocycles. The van der Waals surface area contributed by atoms with Crippen LogP contribution in [0.3, 0.4) is 0 Å². The molecule has 2 aromatic rings. The molecule has 0 aliphatic carbocycles. The summed E-state index contributed by atoms with van der Waals surface area (Å²) in [5.74, 6) is 0. The molecule has 0 bridgehead atoms. The second-order valence-electron chi connectivity index (χ2n) is 4.64. The first-order valence-electron chi connectivity index (χ1n) is 6.51. The van der Waals surface area contributed by atoms with E-state index in [0.29, 0.717) is 0 Å². The molecule has 0 aliphatic rings. The standard InChI is InChI=1S/C15H18N2O2/c1-3-4-5-12-6-8-13(9-7-12)17-11-10-14(18)16(2)15(17)19/h6-11H,3-5H2,1-2H3. The molecule has 1 aromatic carbocycles. The Hall–Kier alpha value is -2.10. The number of hydrogen-bond acceptors (Lipinski definition) is 2. The van der Waals surface area contributed by atoms with Crippen LogP contribution in [0, 0.1) is 0 Å². The Bertz CT molecular complexity index is 666. The van der Waals surface area contributed by atoms with Crippen LogP contribution in [0.25, 0.3) is 5.69 Å². The largest absolute Gasteiger partial charge is 0.335 e. The maximum atomic E-state index is 12.0. The third kappa shape index (κ3) is 2.84. The van der Waals surface area contributed by atoms with Crippen molar-refractivity contribution in [2.75, 3.05) is 0 Å². The highest BCUT2D eigenvalue weighted by atomic mass is 16.2. The van der Waals surface area contributed by atoms with Crippen LogP contribution in [-0.4, -0.2) is 9.13 Å². The van der Waals surface area contributed by atoms with E-state index in [1.807, 2.05) is 24.3 Å². The van der Waals surface area contributed by atoms with Crippen LogP contribution in [0.4, 0.5) is 0 Å². The zero-order chi connectivity index (χ0) is 13.8. The number of aryl methyl sites for hydroxylation is 1. The van der Waals surface area contributed by atoms with Gasteiger partial charge in [0.25, 0.3) is 5.56 Å². The Morgan fingerprint density at radius 1 is 1.05 bits per heavy atom. The zero-order valence-electron chi connectivity index (χ0n) is 11.3. The van der Waals surface area contributed by atoms with Gasteiger partial charge in [-0.05, 0) is 30.5 Å². The summed E-state index contributed by atoms with van der Waals surface area (Å²) in [5, 5.41) is 0. The minimum atomic E-state index is -0.325. The van der Waals surface area contributed by atoms with Crippen LogP contribution >= 0.6 is 0 Å². The Labute approximate surface area is 111 Å². The second-order valence-corrected chi connectivity index (χ2v) is 4.64.